The summed E-state index contributed by atoms with van der Waals surface area (Å²) in [5.74, 6) is 0.707. The van der Waals surface area contributed by atoms with Crippen LogP contribution in [0.4, 0.5) is 5.69 Å². The van der Waals surface area contributed by atoms with Crippen LogP contribution in [0, 0.1) is 0 Å². The van der Waals surface area contributed by atoms with E-state index < -0.39 is 10.0 Å². The minimum absolute atomic E-state index is 0.258. The molecule has 5 nitrogen and oxygen atoms in total. The number of ether oxygens (including phenoxy) is 1. The first-order valence-corrected chi connectivity index (χ1v) is 10.4. The van der Waals surface area contributed by atoms with Crippen LogP contribution in [0.15, 0.2) is 47.4 Å². The van der Waals surface area contributed by atoms with E-state index in [-0.39, 0.29) is 11.4 Å². The summed E-state index contributed by atoms with van der Waals surface area (Å²) in [4.78, 5) is 2.51. The molecule has 2 aromatic rings. The number of nitrogens with zero attached hydrogens (tertiary/aromatic N) is 1. The van der Waals surface area contributed by atoms with Crippen molar-refractivity contribution in [2.24, 2.45) is 0 Å². The van der Waals surface area contributed by atoms with Gasteiger partial charge in [-0.3, -0.25) is 0 Å². The Labute approximate surface area is 157 Å². The maximum Gasteiger partial charge on any atom is 0.240 e. The van der Waals surface area contributed by atoms with Gasteiger partial charge in [-0.05, 0) is 61.7 Å². The maximum absolute atomic E-state index is 12.6. The molecule has 0 aliphatic rings. The number of rotatable bonds is 9. The number of hydrogen-bond acceptors (Lipinski definition) is 4. The van der Waals surface area contributed by atoms with Crippen molar-refractivity contribution in [2.75, 3.05) is 25.1 Å². The fourth-order valence-electron chi connectivity index (χ4n) is 2.87. The lowest BCUT2D eigenvalue weighted by molar-refractivity contribution is 0.409. The molecule has 2 aromatic carbocycles. The van der Waals surface area contributed by atoms with Gasteiger partial charge >= 0.3 is 0 Å². The molecule has 0 radical (unpaired) electrons. The molecule has 6 heteroatoms. The summed E-state index contributed by atoms with van der Waals surface area (Å²) in [7, 11) is -1.98. The van der Waals surface area contributed by atoms with Crippen molar-refractivity contribution in [3.05, 3.63) is 53.6 Å². The number of hydrogen-bond donors (Lipinski definition) is 1. The summed E-state index contributed by atoms with van der Waals surface area (Å²) < 4.78 is 33.1. The fourth-order valence-corrected chi connectivity index (χ4v) is 3.94. The highest BCUT2D eigenvalue weighted by atomic mass is 32.2. The Balaban J connectivity index is 2.10. The Morgan fingerprint density at radius 1 is 1.00 bits per heavy atom. The third-order valence-corrected chi connectivity index (χ3v) is 5.87. The number of aryl methyl sites for hydroxylation is 1. The molecule has 142 valence electrons. The molecule has 0 bridgehead atoms. The molecule has 0 saturated heterocycles. The lowest BCUT2D eigenvalue weighted by Gasteiger charge is -2.21. The summed E-state index contributed by atoms with van der Waals surface area (Å²) in [6.45, 7) is 8.35. The predicted octanol–water partition coefficient (Wildman–Crippen LogP) is 3.58. The highest BCUT2D eigenvalue weighted by Crippen LogP contribution is 2.23. The average Bonchev–Trinajstić information content (AvgIpc) is 2.67. The molecule has 2 rings (SSSR count). The van der Waals surface area contributed by atoms with Gasteiger partial charge in [0.15, 0.2) is 0 Å². The van der Waals surface area contributed by atoms with Crippen LogP contribution in [0.5, 0.6) is 5.75 Å². The number of anilines is 1. The van der Waals surface area contributed by atoms with Gasteiger partial charge < -0.3 is 9.64 Å². The summed E-state index contributed by atoms with van der Waals surface area (Å²) in [5, 5.41) is 0. The van der Waals surface area contributed by atoms with E-state index in [4.69, 9.17) is 4.74 Å². The monoisotopic (exact) mass is 376 g/mol. The smallest absolute Gasteiger partial charge is 0.240 e. The summed E-state index contributed by atoms with van der Waals surface area (Å²) in [5.41, 5.74) is 2.94. The van der Waals surface area contributed by atoms with Crippen LogP contribution in [0.25, 0.3) is 0 Å². The molecular formula is C20H28N2O3S. The normalized spacial score (nSPS) is 11.4. The van der Waals surface area contributed by atoms with Gasteiger partial charge in [-0.1, -0.05) is 19.1 Å². The zero-order valence-corrected chi connectivity index (χ0v) is 16.8. The Kier molecular flexibility index (Phi) is 7.06. The SMILES string of the molecule is CCc1cc(S(=O)(=O)NCc2ccc(N(CC)CC)cc2)ccc1OC. The Hall–Kier alpha value is -2.05. The lowest BCUT2D eigenvalue weighted by atomic mass is 10.1. The molecule has 0 saturated carbocycles. The number of sulfonamides is 1. The molecule has 0 heterocycles. The van der Waals surface area contributed by atoms with E-state index in [0.29, 0.717) is 12.2 Å². The second-order valence-electron chi connectivity index (χ2n) is 5.99. The van der Waals surface area contributed by atoms with E-state index in [0.717, 1.165) is 29.9 Å². The van der Waals surface area contributed by atoms with Gasteiger partial charge in [0.2, 0.25) is 10.0 Å². The Bertz CT molecular complexity index is 813. The number of methoxy groups -OCH3 is 1. The van der Waals surface area contributed by atoms with E-state index in [1.54, 1.807) is 25.3 Å². The van der Waals surface area contributed by atoms with Crippen LogP contribution in [0.1, 0.15) is 31.9 Å². The molecule has 0 aliphatic carbocycles. The van der Waals surface area contributed by atoms with Crippen molar-refractivity contribution in [2.45, 2.75) is 38.6 Å². The minimum atomic E-state index is -3.57. The first kappa shape index (κ1) is 20.3. The highest BCUT2D eigenvalue weighted by molar-refractivity contribution is 7.89. The molecule has 0 spiro atoms. The lowest BCUT2D eigenvalue weighted by Crippen LogP contribution is -2.24. The van der Waals surface area contributed by atoms with E-state index in [2.05, 4.69) is 23.5 Å². The third kappa shape index (κ3) is 4.77. The van der Waals surface area contributed by atoms with Crippen molar-refractivity contribution in [3.63, 3.8) is 0 Å². The average molecular weight is 377 g/mol. The van der Waals surface area contributed by atoms with Gasteiger partial charge in [0.1, 0.15) is 5.75 Å². The first-order chi connectivity index (χ1) is 12.4. The van der Waals surface area contributed by atoms with E-state index in [1.165, 1.54) is 0 Å². The van der Waals surface area contributed by atoms with Crippen LogP contribution in [-0.4, -0.2) is 28.6 Å². The molecule has 0 fully saturated rings. The molecule has 0 unspecified atom stereocenters. The molecular weight excluding hydrogens is 348 g/mol. The van der Waals surface area contributed by atoms with Crippen LogP contribution in [0.2, 0.25) is 0 Å². The Morgan fingerprint density at radius 2 is 1.65 bits per heavy atom. The van der Waals surface area contributed by atoms with Gasteiger partial charge in [0.25, 0.3) is 0 Å². The Morgan fingerprint density at radius 3 is 2.19 bits per heavy atom. The highest BCUT2D eigenvalue weighted by Gasteiger charge is 2.16. The van der Waals surface area contributed by atoms with Crippen molar-refractivity contribution < 1.29 is 13.2 Å². The van der Waals surface area contributed by atoms with Gasteiger partial charge in [-0.2, -0.15) is 0 Å². The summed E-state index contributed by atoms with van der Waals surface area (Å²) >= 11 is 0. The van der Waals surface area contributed by atoms with Crippen molar-refractivity contribution in [1.29, 1.82) is 0 Å². The molecule has 0 atom stereocenters. The van der Waals surface area contributed by atoms with Gasteiger partial charge in [0, 0.05) is 25.3 Å². The molecule has 0 aliphatic heterocycles. The topological polar surface area (TPSA) is 58.6 Å². The van der Waals surface area contributed by atoms with Crippen molar-refractivity contribution >= 4 is 15.7 Å². The van der Waals surface area contributed by atoms with Gasteiger partial charge in [0.05, 0.1) is 12.0 Å². The maximum atomic E-state index is 12.6. The van der Waals surface area contributed by atoms with Crippen molar-refractivity contribution in [3.8, 4) is 5.75 Å². The zero-order valence-electron chi connectivity index (χ0n) is 16.0. The quantitative estimate of drug-likeness (QED) is 0.727. The van der Waals surface area contributed by atoms with E-state index in [1.807, 2.05) is 31.2 Å². The number of nitrogens with one attached hydrogen (secondary N) is 1. The van der Waals surface area contributed by atoms with Crippen LogP contribution in [0.3, 0.4) is 0 Å². The van der Waals surface area contributed by atoms with Crippen molar-refractivity contribution in [1.82, 2.24) is 4.72 Å². The zero-order chi connectivity index (χ0) is 19.2. The molecule has 1 N–H and O–H groups in total. The largest absolute Gasteiger partial charge is 0.496 e. The van der Waals surface area contributed by atoms with Gasteiger partial charge in [-0.15, -0.1) is 0 Å². The first-order valence-electron chi connectivity index (χ1n) is 8.95. The molecule has 0 aromatic heterocycles. The van der Waals surface area contributed by atoms with E-state index >= 15 is 0 Å². The predicted molar refractivity (Wildman–Crippen MR) is 106 cm³/mol. The number of benzene rings is 2. The summed E-state index contributed by atoms with van der Waals surface area (Å²) in [6.07, 6.45) is 0.708. The fraction of sp³-hybridized carbons (Fsp3) is 0.400. The standard InChI is InChI=1S/C20H28N2O3S/c1-5-17-14-19(12-13-20(17)25-4)26(23,24)21-15-16-8-10-18(11-9-16)22(6-2)7-3/h8-14,21H,5-7,15H2,1-4H3. The van der Waals surface area contributed by atoms with Gasteiger partial charge in [-0.25, -0.2) is 13.1 Å². The van der Waals surface area contributed by atoms with E-state index in [9.17, 15) is 8.42 Å². The second-order valence-corrected chi connectivity index (χ2v) is 7.76. The van der Waals surface area contributed by atoms with Crippen LogP contribution in [-0.2, 0) is 23.0 Å². The van der Waals surface area contributed by atoms with Crippen LogP contribution < -0.4 is 14.4 Å². The third-order valence-electron chi connectivity index (χ3n) is 4.47. The van der Waals surface area contributed by atoms with Crippen LogP contribution >= 0.6 is 0 Å². The minimum Gasteiger partial charge on any atom is -0.496 e. The molecule has 26 heavy (non-hydrogen) atoms. The summed E-state index contributed by atoms with van der Waals surface area (Å²) in [6, 6.07) is 12.9. The molecule has 0 amide bonds. The second kappa shape index (κ2) is 9.05.